The van der Waals surface area contributed by atoms with Gasteiger partial charge in [-0.05, 0) is 37.4 Å². The molecule has 114 valence electrons. The van der Waals surface area contributed by atoms with Crippen LogP contribution in [0.25, 0.3) is 10.8 Å². The molecule has 2 aromatic rings. The minimum Gasteiger partial charge on any atom is -0.309 e. The van der Waals surface area contributed by atoms with E-state index < -0.39 is 14.6 Å². The largest absolute Gasteiger partial charge is 0.309 e. The van der Waals surface area contributed by atoms with Gasteiger partial charge in [0.25, 0.3) is 0 Å². The van der Waals surface area contributed by atoms with Crippen LogP contribution in [0, 0.1) is 0 Å². The Labute approximate surface area is 126 Å². The molecule has 0 radical (unpaired) electrons. The normalized spacial score (nSPS) is 14.3. The molecule has 0 bridgehead atoms. The first kappa shape index (κ1) is 15.9. The molecule has 0 saturated carbocycles. The molecule has 0 aliphatic carbocycles. The highest BCUT2D eigenvalue weighted by Gasteiger charge is 2.40. The van der Waals surface area contributed by atoms with E-state index in [1.807, 2.05) is 31.2 Å². The van der Waals surface area contributed by atoms with Crippen LogP contribution in [0.5, 0.6) is 0 Å². The van der Waals surface area contributed by atoms with Crippen molar-refractivity contribution in [2.75, 3.05) is 12.8 Å². The fourth-order valence-electron chi connectivity index (χ4n) is 2.54. The lowest BCUT2D eigenvalue weighted by Crippen LogP contribution is -2.45. The minimum absolute atomic E-state index is 0.287. The molecular formula is C16H22N2O2S. The Kier molecular flexibility index (Phi) is 4.35. The topological polar surface area (TPSA) is 59.1 Å². The first-order valence-corrected chi connectivity index (χ1v) is 8.93. The van der Waals surface area contributed by atoms with E-state index >= 15 is 0 Å². The lowest BCUT2D eigenvalue weighted by Gasteiger charge is -2.34. The van der Waals surface area contributed by atoms with Crippen LogP contribution in [0.3, 0.4) is 0 Å². The molecule has 1 heterocycles. The van der Waals surface area contributed by atoms with Crippen molar-refractivity contribution in [1.82, 2.24) is 10.3 Å². The summed E-state index contributed by atoms with van der Waals surface area (Å²) in [7, 11) is -3.22. The van der Waals surface area contributed by atoms with Crippen LogP contribution < -0.4 is 5.32 Å². The maximum Gasteiger partial charge on any atom is 0.154 e. The second-order valence-electron chi connectivity index (χ2n) is 5.81. The van der Waals surface area contributed by atoms with E-state index in [9.17, 15) is 8.42 Å². The predicted molar refractivity (Wildman–Crippen MR) is 87.1 cm³/mol. The summed E-state index contributed by atoms with van der Waals surface area (Å²) in [6.07, 6.45) is 4.84. The van der Waals surface area contributed by atoms with Gasteiger partial charge >= 0.3 is 0 Å². The molecule has 21 heavy (non-hydrogen) atoms. The summed E-state index contributed by atoms with van der Waals surface area (Å²) < 4.78 is 23.5. The number of aromatic nitrogens is 1. The van der Waals surface area contributed by atoms with Crippen molar-refractivity contribution < 1.29 is 8.42 Å². The van der Waals surface area contributed by atoms with Gasteiger partial charge in [0.1, 0.15) is 0 Å². The average molecular weight is 306 g/mol. The molecule has 0 fully saturated rings. The molecule has 4 nitrogen and oxygen atoms in total. The van der Waals surface area contributed by atoms with E-state index in [1.165, 1.54) is 6.26 Å². The van der Waals surface area contributed by atoms with E-state index in [0.29, 0.717) is 6.54 Å². The van der Waals surface area contributed by atoms with E-state index in [1.54, 1.807) is 26.2 Å². The number of nitrogens with one attached hydrogen (secondary N) is 1. The van der Waals surface area contributed by atoms with Gasteiger partial charge in [-0.25, -0.2) is 8.42 Å². The molecule has 1 N–H and O–H groups in total. The summed E-state index contributed by atoms with van der Waals surface area (Å²) in [5.41, 5.74) is 0.970. The Balaban J connectivity index is 2.67. The van der Waals surface area contributed by atoms with Crippen molar-refractivity contribution in [1.29, 1.82) is 0 Å². The number of hydrogen-bond acceptors (Lipinski definition) is 4. The Morgan fingerprint density at radius 3 is 2.62 bits per heavy atom. The number of pyridine rings is 1. The smallest absolute Gasteiger partial charge is 0.154 e. The SMILES string of the molecule is CCNC(c1cccc2ccncc12)C(C)(C)S(C)(=O)=O. The van der Waals surface area contributed by atoms with Crippen molar-refractivity contribution in [2.24, 2.45) is 0 Å². The van der Waals surface area contributed by atoms with Gasteiger partial charge in [0.05, 0.1) is 10.8 Å². The van der Waals surface area contributed by atoms with Crippen LogP contribution in [0.1, 0.15) is 32.4 Å². The Hall–Kier alpha value is -1.46. The van der Waals surface area contributed by atoms with Crippen LogP contribution in [-0.4, -0.2) is 30.9 Å². The molecule has 1 aromatic carbocycles. The maximum atomic E-state index is 12.2. The Bertz CT molecular complexity index is 734. The third-order valence-corrected chi connectivity index (χ3v) is 6.23. The number of benzene rings is 1. The molecule has 1 unspecified atom stereocenters. The van der Waals surface area contributed by atoms with Crippen LogP contribution >= 0.6 is 0 Å². The van der Waals surface area contributed by atoms with Gasteiger partial charge in [0.15, 0.2) is 9.84 Å². The van der Waals surface area contributed by atoms with Gasteiger partial charge < -0.3 is 5.32 Å². The van der Waals surface area contributed by atoms with Gasteiger partial charge in [-0.3, -0.25) is 4.98 Å². The Morgan fingerprint density at radius 2 is 2.00 bits per heavy atom. The van der Waals surface area contributed by atoms with E-state index in [2.05, 4.69) is 10.3 Å². The predicted octanol–water partition coefficient (Wildman–Crippen LogP) is 2.71. The minimum atomic E-state index is -3.22. The maximum absolute atomic E-state index is 12.2. The molecule has 5 heteroatoms. The summed E-state index contributed by atoms with van der Waals surface area (Å²) in [6.45, 7) is 6.21. The number of nitrogens with zero attached hydrogens (tertiary/aromatic N) is 1. The summed E-state index contributed by atoms with van der Waals surface area (Å²) >= 11 is 0. The number of rotatable bonds is 5. The molecule has 1 atom stereocenters. The highest BCUT2D eigenvalue weighted by atomic mass is 32.2. The van der Waals surface area contributed by atoms with Crippen molar-refractivity contribution >= 4 is 20.6 Å². The summed E-state index contributed by atoms with van der Waals surface area (Å²) in [4.78, 5) is 4.18. The van der Waals surface area contributed by atoms with Gasteiger partial charge in [-0.1, -0.05) is 25.1 Å². The van der Waals surface area contributed by atoms with E-state index in [0.717, 1.165) is 16.3 Å². The van der Waals surface area contributed by atoms with E-state index in [4.69, 9.17) is 0 Å². The zero-order chi connectivity index (χ0) is 15.7. The third kappa shape index (κ3) is 2.94. The first-order valence-electron chi connectivity index (χ1n) is 7.04. The monoisotopic (exact) mass is 306 g/mol. The van der Waals surface area contributed by atoms with Crippen molar-refractivity contribution in [3.05, 3.63) is 42.2 Å². The van der Waals surface area contributed by atoms with Gasteiger partial charge in [0, 0.05) is 24.0 Å². The van der Waals surface area contributed by atoms with Crippen molar-refractivity contribution in [3.63, 3.8) is 0 Å². The lowest BCUT2D eigenvalue weighted by molar-refractivity contribution is 0.430. The molecule has 0 amide bonds. The summed E-state index contributed by atoms with van der Waals surface area (Å²) in [5.74, 6) is 0. The fraction of sp³-hybridized carbons (Fsp3) is 0.438. The number of fused-ring (bicyclic) bond motifs is 1. The zero-order valence-electron chi connectivity index (χ0n) is 12.9. The highest BCUT2D eigenvalue weighted by molar-refractivity contribution is 7.92. The zero-order valence-corrected chi connectivity index (χ0v) is 13.7. The van der Waals surface area contributed by atoms with Crippen LogP contribution in [0.2, 0.25) is 0 Å². The lowest BCUT2D eigenvalue weighted by atomic mass is 9.91. The van der Waals surface area contributed by atoms with Crippen LogP contribution in [0.15, 0.2) is 36.7 Å². The third-order valence-electron chi connectivity index (χ3n) is 4.09. The molecule has 2 rings (SSSR count). The molecule has 1 aromatic heterocycles. The molecule has 0 saturated heterocycles. The van der Waals surface area contributed by atoms with Gasteiger partial charge in [-0.15, -0.1) is 0 Å². The number of sulfone groups is 1. The van der Waals surface area contributed by atoms with Crippen LogP contribution in [-0.2, 0) is 9.84 Å². The van der Waals surface area contributed by atoms with Crippen molar-refractivity contribution in [3.8, 4) is 0 Å². The van der Waals surface area contributed by atoms with Crippen molar-refractivity contribution in [2.45, 2.75) is 31.6 Å². The quantitative estimate of drug-likeness (QED) is 0.922. The second-order valence-corrected chi connectivity index (χ2v) is 8.41. The van der Waals surface area contributed by atoms with E-state index in [-0.39, 0.29) is 6.04 Å². The number of hydrogen-bond donors (Lipinski definition) is 1. The first-order chi connectivity index (χ1) is 9.79. The summed E-state index contributed by atoms with van der Waals surface area (Å²) in [6, 6.07) is 7.60. The molecular weight excluding hydrogens is 284 g/mol. The summed E-state index contributed by atoms with van der Waals surface area (Å²) in [5, 5.41) is 5.38. The standard InChI is InChI=1S/C16H22N2O2S/c1-5-18-15(16(2,3)21(4,19)20)13-8-6-7-12-9-10-17-11-14(12)13/h6-11,15,18H,5H2,1-4H3. The molecule has 0 aliphatic rings. The van der Waals surface area contributed by atoms with Gasteiger partial charge in [-0.2, -0.15) is 0 Å². The highest BCUT2D eigenvalue weighted by Crippen LogP contribution is 2.35. The second kappa shape index (κ2) is 5.73. The van der Waals surface area contributed by atoms with Gasteiger partial charge in [0.2, 0.25) is 0 Å². The average Bonchev–Trinajstić information content (AvgIpc) is 2.43. The van der Waals surface area contributed by atoms with Crippen LogP contribution in [0.4, 0.5) is 0 Å². The molecule has 0 aliphatic heterocycles. The Morgan fingerprint density at radius 1 is 1.29 bits per heavy atom. The fourth-order valence-corrected chi connectivity index (χ4v) is 3.18. The molecule has 0 spiro atoms.